The molecule has 6 aromatic carbocycles. The van der Waals surface area contributed by atoms with Gasteiger partial charge in [0, 0.05) is 144 Å². The summed E-state index contributed by atoms with van der Waals surface area (Å²) in [6.07, 6.45) is 14.4. The zero-order chi connectivity index (χ0) is 87.9. The predicted octanol–water partition coefficient (Wildman–Crippen LogP) is 26.7. The number of furan rings is 3. The molecular weight excluding hydrogens is 1980 g/mol. The minimum absolute atomic E-state index is 0. The summed E-state index contributed by atoms with van der Waals surface area (Å²) in [5.74, 6) is -0.682. The van der Waals surface area contributed by atoms with E-state index in [0.717, 1.165) is 126 Å². The molecule has 3 radical (unpaired) electrons. The Labute approximate surface area is 742 Å². The van der Waals surface area contributed by atoms with Crippen molar-refractivity contribution in [2.24, 2.45) is 0 Å². The zero-order valence-corrected chi connectivity index (χ0v) is 73.6. The third-order valence-corrected chi connectivity index (χ3v) is 19.9. The number of fused-ring (bicyclic) bond motifs is 9. The number of rotatable bonds is 15. The molecule has 0 amide bonds. The molecule has 117 heavy (non-hydrogen) atoms. The van der Waals surface area contributed by atoms with Crippen molar-refractivity contribution in [2.75, 3.05) is 0 Å². The van der Waals surface area contributed by atoms with Crippen molar-refractivity contribution in [2.45, 2.75) is 139 Å². The fourth-order valence-corrected chi connectivity index (χ4v) is 13.8. The molecule has 0 bridgehead atoms. The summed E-state index contributed by atoms with van der Waals surface area (Å²) in [6.45, 7) is 11.1. The molecule has 597 valence electrons. The molecule has 0 spiro atoms. The summed E-state index contributed by atoms with van der Waals surface area (Å²) < 4.78 is 98.7. The van der Waals surface area contributed by atoms with E-state index in [-0.39, 0.29) is 77.7 Å². The van der Waals surface area contributed by atoms with E-state index < -0.39 is 26.4 Å². The largest absolute Gasteiger partial charge is 0.486 e. The summed E-state index contributed by atoms with van der Waals surface area (Å²) in [6, 6.07) is 88.5. The van der Waals surface area contributed by atoms with Crippen LogP contribution in [0.1, 0.15) is 162 Å². The van der Waals surface area contributed by atoms with Gasteiger partial charge in [-0.25, -0.2) is 15.0 Å². The van der Waals surface area contributed by atoms with Crippen molar-refractivity contribution in [1.29, 1.82) is 0 Å². The molecule has 0 aliphatic heterocycles. The number of aromatic nitrogens is 9. The molecule has 18 aromatic rings. The van der Waals surface area contributed by atoms with E-state index in [2.05, 4.69) is 109 Å². The van der Waals surface area contributed by atoms with Gasteiger partial charge in [-0.3, -0.25) is 0 Å². The van der Waals surface area contributed by atoms with Crippen molar-refractivity contribution < 1.29 is 87.3 Å². The fraction of sp³-hybridized carbons (Fsp3) is 0.206. The minimum Gasteiger partial charge on any atom is -0.486 e. The van der Waals surface area contributed by atoms with Crippen LogP contribution in [-0.4, -0.2) is 44.9 Å². The van der Waals surface area contributed by atoms with Crippen LogP contribution in [0.4, 0.5) is 0 Å². The van der Waals surface area contributed by atoms with Crippen LogP contribution in [0.25, 0.3) is 134 Å². The summed E-state index contributed by atoms with van der Waals surface area (Å²) in [5, 5.41) is 5.54. The number of benzene rings is 6. The van der Waals surface area contributed by atoms with Crippen molar-refractivity contribution in [3.63, 3.8) is 0 Å². The standard InChI is InChI=1S/3C23H23N2O.3C11H8N.3Ir/c2*1-5-16(6-2)20-12-21(24-13-14(20)3)19-9-7-8-17-18-11-10-15(4)25-23(18)26-22(17)19;1-5-16(6-2)20-13-24-21(12-14(20)3)19-9-7-8-17-18-11-10-15(4)25-23(18)26-22(17)19;3*1-2-6-10(7-3-1)11-8-4-5-9-12-11;;;/h3*7-8,10-13,16H,5-6H2,1-4H3;3*1-6,8-9H;;;/q6*-1;;;/i3D3,16D;2*3D3;;;;;;. The first-order valence-corrected chi connectivity index (χ1v) is 38.5. The van der Waals surface area contributed by atoms with Gasteiger partial charge >= 0.3 is 0 Å². The molecule has 0 atom stereocenters. The van der Waals surface area contributed by atoms with Gasteiger partial charge in [0.25, 0.3) is 0 Å². The predicted molar refractivity (Wildman–Crippen MR) is 465 cm³/mol. The Bertz CT molecular complexity index is 6330. The Balaban J connectivity index is 0.000000165. The Hall–Kier alpha value is -11.0. The molecule has 12 nitrogen and oxygen atoms in total. The molecule has 0 saturated carbocycles. The first-order chi connectivity index (χ1) is 59.7. The summed E-state index contributed by atoms with van der Waals surface area (Å²) in [7, 11) is 0. The van der Waals surface area contributed by atoms with Crippen molar-refractivity contribution >= 4 is 66.2 Å². The number of nitrogens with zero attached hydrogens (tertiary/aromatic N) is 9. The van der Waals surface area contributed by atoms with Crippen molar-refractivity contribution in [1.82, 2.24) is 44.9 Å². The number of hydrogen-bond donors (Lipinski definition) is 0. The van der Waals surface area contributed by atoms with Crippen molar-refractivity contribution in [3.8, 4) is 67.5 Å². The van der Waals surface area contributed by atoms with Crippen LogP contribution >= 0.6 is 0 Å². The normalized spacial score (nSPS) is 12.5. The molecule has 0 aliphatic rings. The third-order valence-electron chi connectivity index (χ3n) is 19.9. The van der Waals surface area contributed by atoms with Crippen molar-refractivity contribution in [3.05, 3.63) is 342 Å². The van der Waals surface area contributed by atoms with E-state index in [0.29, 0.717) is 91.6 Å². The maximum absolute atomic E-state index is 8.89. The summed E-state index contributed by atoms with van der Waals surface area (Å²) >= 11 is 0. The maximum Gasteiger partial charge on any atom is 0.216 e. The van der Waals surface area contributed by atoms with Crippen LogP contribution in [0.3, 0.4) is 0 Å². The van der Waals surface area contributed by atoms with Crippen LogP contribution in [-0.2, 0) is 60.3 Å². The smallest absolute Gasteiger partial charge is 0.216 e. The average Bonchev–Trinajstić information content (AvgIpc) is 1.65. The first-order valence-electron chi connectivity index (χ1n) is 43.5. The maximum atomic E-state index is 8.89. The van der Waals surface area contributed by atoms with Crippen LogP contribution in [0.5, 0.6) is 0 Å². The van der Waals surface area contributed by atoms with Crippen LogP contribution in [0.2, 0.25) is 0 Å². The number of hydrogen-bond acceptors (Lipinski definition) is 12. The van der Waals surface area contributed by atoms with E-state index in [1.165, 1.54) is 12.4 Å². The van der Waals surface area contributed by atoms with Gasteiger partial charge in [0.1, 0.15) is 0 Å². The molecule has 0 N–H and O–H groups in total. The van der Waals surface area contributed by atoms with E-state index in [9.17, 15) is 0 Å². The monoisotopic (exact) mass is 2080 g/mol. The quantitative estimate of drug-likeness (QED) is 0.0897. The van der Waals surface area contributed by atoms with Gasteiger partial charge in [-0.05, 0) is 214 Å². The molecule has 18 rings (SSSR count). The van der Waals surface area contributed by atoms with Crippen LogP contribution in [0, 0.1) is 77.7 Å². The molecule has 0 saturated heterocycles. The van der Waals surface area contributed by atoms with Crippen LogP contribution in [0.15, 0.2) is 269 Å². The molecule has 15 heteroatoms. The molecule has 0 aliphatic carbocycles. The Morgan fingerprint density at radius 3 is 0.991 bits per heavy atom. The average molecular weight is 2080 g/mol. The first kappa shape index (κ1) is 74.8. The molecular formula is C102H93Ir3N9O3-6. The summed E-state index contributed by atoms with van der Waals surface area (Å²) in [4.78, 5) is 39.6. The Morgan fingerprint density at radius 1 is 0.316 bits per heavy atom. The topological polar surface area (TPSA) is 155 Å². The fourth-order valence-electron chi connectivity index (χ4n) is 13.8. The van der Waals surface area contributed by atoms with Gasteiger partial charge in [-0.2, -0.15) is 0 Å². The summed E-state index contributed by atoms with van der Waals surface area (Å²) in [5.41, 5.74) is 18.9. The molecule has 12 heterocycles. The Morgan fingerprint density at radius 2 is 0.658 bits per heavy atom. The van der Waals surface area contributed by atoms with Gasteiger partial charge in [-0.15, -0.1) is 162 Å². The number of aryl methyl sites for hydroxylation is 6. The molecule has 0 unspecified atom stereocenters. The SMILES string of the molecule is [2H]C([2H])([2H])c1cc(-c2[c-]ccc3c2oc2nc(C)ccc23)ncc1C(CC)CC.[2H]C([2H])([2H])c1cnc(-c2[c-]ccc3c2oc2nc(C)ccc23)cc1C(CC)CC.[2H]C([2H])([2H])c1cnc(-c2[c-]ccc3c2oc2nc(C)ccc23)cc1C([2H])(CC)CC.[Ir].[Ir].[Ir].[c-]1ccccc1-c1ccccn1.[c-]1ccccc1-c1ccccn1.[c-]1ccccc1-c1ccccn1. The second kappa shape index (κ2) is 42.8. The Kier molecular flexibility index (Phi) is 27.3. The van der Waals surface area contributed by atoms with Gasteiger partial charge in [0.15, 0.2) is 0 Å². The van der Waals surface area contributed by atoms with Gasteiger partial charge in [0.2, 0.25) is 17.1 Å². The van der Waals surface area contributed by atoms with E-state index in [1.54, 1.807) is 43.0 Å². The van der Waals surface area contributed by atoms with E-state index in [1.807, 2.05) is 235 Å². The van der Waals surface area contributed by atoms with Gasteiger partial charge < -0.3 is 43.2 Å². The zero-order valence-electron chi connectivity index (χ0n) is 76.4. The second-order valence-electron chi connectivity index (χ2n) is 27.2. The van der Waals surface area contributed by atoms with Gasteiger partial charge in [-0.1, -0.05) is 135 Å². The second-order valence-corrected chi connectivity index (χ2v) is 27.2. The molecule has 12 aromatic heterocycles. The van der Waals surface area contributed by atoms with E-state index >= 15 is 0 Å². The number of pyridine rings is 9. The third kappa shape index (κ3) is 21.2. The molecule has 0 fully saturated rings. The van der Waals surface area contributed by atoms with E-state index in [4.69, 9.17) is 27.0 Å². The van der Waals surface area contributed by atoms with Gasteiger partial charge in [0.05, 0.1) is 16.7 Å². The van der Waals surface area contributed by atoms with Crippen LogP contribution < -0.4 is 0 Å². The minimum atomic E-state index is -2.34.